The summed E-state index contributed by atoms with van der Waals surface area (Å²) in [5.74, 6) is 0. The molecule has 1 unspecified atom stereocenters. The third-order valence-electron chi connectivity index (χ3n) is 3.43. The summed E-state index contributed by atoms with van der Waals surface area (Å²) in [5, 5.41) is 1.35. The van der Waals surface area contributed by atoms with Gasteiger partial charge >= 0.3 is 0 Å². The van der Waals surface area contributed by atoms with Crippen molar-refractivity contribution < 1.29 is 0 Å². The van der Waals surface area contributed by atoms with Crippen molar-refractivity contribution in [1.29, 1.82) is 0 Å². The van der Waals surface area contributed by atoms with Crippen LogP contribution in [0.4, 0.5) is 0 Å². The quantitative estimate of drug-likeness (QED) is 0.687. The van der Waals surface area contributed by atoms with E-state index >= 15 is 0 Å². The van der Waals surface area contributed by atoms with Gasteiger partial charge in [0.1, 0.15) is 0 Å². The molecule has 1 aromatic carbocycles. The number of rotatable bonds is 1. The summed E-state index contributed by atoms with van der Waals surface area (Å²) < 4.78 is 2.41. The van der Waals surface area contributed by atoms with Gasteiger partial charge in [-0.25, -0.2) is 0 Å². The van der Waals surface area contributed by atoms with Crippen LogP contribution in [0.3, 0.4) is 0 Å². The van der Waals surface area contributed by atoms with Crippen molar-refractivity contribution in [2.75, 3.05) is 13.6 Å². The van der Waals surface area contributed by atoms with Gasteiger partial charge in [0.15, 0.2) is 0 Å². The Morgan fingerprint density at radius 3 is 2.87 bits per heavy atom. The zero-order valence-electron chi connectivity index (χ0n) is 9.06. The SMILES string of the molecule is CN1CCCC1n1ccc2ccccc21. The fourth-order valence-corrected chi connectivity index (χ4v) is 2.61. The minimum atomic E-state index is 0.560. The first kappa shape index (κ1) is 8.98. The van der Waals surface area contributed by atoms with E-state index in [2.05, 4.69) is 53.0 Å². The molecule has 1 atom stereocenters. The maximum Gasteiger partial charge on any atom is 0.0862 e. The third-order valence-corrected chi connectivity index (χ3v) is 3.43. The number of hydrogen-bond acceptors (Lipinski definition) is 1. The van der Waals surface area contributed by atoms with Gasteiger partial charge in [-0.05, 0) is 44.0 Å². The molecule has 0 bridgehead atoms. The second kappa shape index (κ2) is 3.38. The van der Waals surface area contributed by atoms with Crippen molar-refractivity contribution >= 4 is 10.9 Å². The lowest BCUT2D eigenvalue weighted by molar-refractivity contribution is 0.244. The fourth-order valence-electron chi connectivity index (χ4n) is 2.61. The van der Waals surface area contributed by atoms with Crippen LogP contribution in [0.15, 0.2) is 36.5 Å². The molecule has 0 aliphatic carbocycles. The molecule has 0 radical (unpaired) electrons. The summed E-state index contributed by atoms with van der Waals surface area (Å²) in [7, 11) is 2.21. The second-order valence-corrected chi connectivity index (χ2v) is 4.39. The van der Waals surface area contributed by atoms with Crippen LogP contribution in [0.2, 0.25) is 0 Å². The highest BCUT2D eigenvalue weighted by atomic mass is 15.3. The van der Waals surface area contributed by atoms with Crippen LogP contribution >= 0.6 is 0 Å². The number of nitrogens with zero attached hydrogens (tertiary/aromatic N) is 2. The van der Waals surface area contributed by atoms with E-state index in [0.717, 1.165) is 0 Å². The van der Waals surface area contributed by atoms with Gasteiger partial charge in [-0.15, -0.1) is 0 Å². The summed E-state index contributed by atoms with van der Waals surface area (Å²) in [5.41, 5.74) is 1.36. The van der Waals surface area contributed by atoms with Gasteiger partial charge < -0.3 is 4.57 Å². The second-order valence-electron chi connectivity index (χ2n) is 4.39. The molecule has 0 saturated carbocycles. The Kier molecular flexibility index (Phi) is 2.03. The average molecular weight is 200 g/mol. The molecule has 0 spiro atoms. The van der Waals surface area contributed by atoms with Gasteiger partial charge in [0.25, 0.3) is 0 Å². The van der Waals surface area contributed by atoms with Gasteiger partial charge in [0.05, 0.1) is 6.17 Å². The topological polar surface area (TPSA) is 8.17 Å². The average Bonchev–Trinajstić information content (AvgIpc) is 2.83. The van der Waals surface area contributed by atoms with Gasteiger partial charge in [-0.1, -0.05) is 18.2 Å². The predicted octanol–water partition coefficient (Wildman–Crippen LogP) is 2.87. The van der Waals surface area contributed by atoms with E-state index in [9.17, 15) is 0 Å². The van der Waals surface area contributed by atoms with Crippen molar-refractivity contribution in [2.45, 2.75) is 19.0 Å². The first-order valence-electron chi connectivity index (χ1n) is 5.62. The minimum absolute atomic E-state index is 0.560. The summed E-state index contributed by atoms with van der Waals surface area (Å²) in [6, 6.07) is 10.8. The highest BCUT2D eigenvalue weighted by Gasteiger charge is 2.22. The first-order chi connectivity index (χ1) is 7.36. The monoisotopic (exact) mass is 200 g/mol. The molecule has 15 heavy (non-hydrogen) atoms. The van der Waals surface area contributed by atoms with Crippen LogP contribution in [-0.2, 0) is 0 Å². The number of para-hydroxylation sites is 1. The number of likely N-dealkylation sites (tertiary alicyclic amines) is 1. The molecule has 2 aromatic rings. The standard InChI is InChI=1S/C13H16N2/c1-14-9-4-7-13(14)15-10-8-11-5-2-3-6-12(11)15/h2-3,5-6,8,10,13H,4,7,9H2,1H3. The molecule has 1 aliphatic rings. The Morgan fingerprint density at radius 2 is 2.07 bits per heavy atom. The Hall–Kier alpha value is -1.28. The van der Waals surface area contributed by atoms with Crippen LogP contribution in [0.25, 0.3) is 10.9 Å². The molecule has 2 heterocycles. The van der Waals surface area contributed by atoms with E-state index in [4.69, 9.17) is 0 Å². The van der Waals surface area contributed by atoms with Crippen LogP contribution < -0.4 is 0 Å². The van der Waals surface area contributed by atoms with Crippen molar-refractivity contribution in [1.82, 2.24) is 9.47 Å². The summed E-state index contributed by atoms with van der Waals surface area (Å²) in [6.07, 6.45) is 5.37. The third kappa shape index (κ3) is 1.37. The molecule has 78 valence electrons. The fraction of sp³-hybridized carbons (Fsp3) is 0.385. The van der Waals surface area contributed by atoms with E-state index in [1.165, 1.54) is 30.3 Å². The number of aromatic nitrogens is 1. The molecule has 2 heteroatoms. The molecule has 1 aliphatic heterocycles. The largest absolute Gasteiger partial charge is 0.331 e. The Balaban J connectivity index is 2.10. The molecule has 1 fully saturated rings. The van der Waals surface area contributed by atoms with Crippen molar-refractivity contribution in [3.63, 3.8) is 0 Å². The van der Waals surface area contributed by atoms with E-state index < -0.39 is 0 Å². The molecule has 1 saturated heterocycles. The molecule has 0 N–H and O–H groups in total. The normalized spacial score (nSPS) is 22.6. The highest BCUT2D eigenvalue weighted by molar-refractivity contribution is 5.80. The van der Waals surface area contributed by atoms with Gasteiger partial charge in [-0.3, -0.25) is 4.90 Å². The molecule has 0 amide bonds. The molecule has 3 rings (SSSR count). The van der Waals surface area contributed by atoms with E-state index in [1.54, 1.807) is 0 Å². The maximum atomic E-state index is 2.44. The lowest BCUT2D eigenvalue weighted by Gasteiger charge is -2.22. The van der Waals surface area contributed by atoms with E-state index in [0.29, 0.717) is 6.17 Å². The smallest absolute Gasteiger partial charge is 0.0862 e. The zero-order chi connectivity index (χ0) is 10.3. The Labute approximate surface area is 90.1 Å². The highest BCUT2D eigenvalue weighted by Crippen LogP contribution is 2.29. The first-order valence-corrected chi connectivity index (χ1v) is 5.62. The summed E-state index contributed by atoms with van der Waals surface area (Å²) in [4.78, 5) is 2.44. The van der Waals surface area contributed by atoms with Crippen molar-refractivity contribution in [2.24, 2.45) is 0 Å². The van der Waals surface area contributed by atoms with Crippen LogP contribution in [0.5, 0.6) is 0 Å². The van der Waals surface area contributed by atoms with Crippen LogP contribution in [0.1, 0.15) is 19.0 Å². The lowest BCUT2D eigenvalue weighted by Crippen LogP contribution is -2.22. The number of fused-ring (bicyclic) bond motifs is 1. The minimum Gasteiger partial charge on any atom is -0.331 e. The van der Waals surface area contributed by atoms with Gasteiger partial charge in [0, 0.05) is 11.7 Å². The van der Waals surface area contributed by atoms with Gasteiger partial charge in [0.2, 0.25) is 0 Å². The summed E-state index contributed by atoms with van der Waals surface area (Å²) >= 11 is 0. The van der Waals surface area contributed by atoms with Crippen molar-refractivity contribution in [3.05, 3.63) is 36.5 Å². The van der Waals surface area contributed by atoms with Crippen LogP contribution in [0, 0.1) is 0 Å². The number of hydrogen-bond donors (Lipinski definition) is 0. The van der Waals surface area contributed by atoms with E-state index in [-0.39, 0.29) is 0 Å². The van der Waals surface area contributed by atoms with Gasteiger partial charge in [-0.2, -0.15) is 0 Å². The summed E-state index contributed by atoms with van der Waals surface area (Å²) in [6.45, 7) is 1.22. The Morgan fingerprint density at radius 1 is 1.20 bits per heavy atom. The predicted molar refractivity (Wildman–Crippen MR) is 62.8 cm³/mol. The van der Waals surface area contributed by atoms with E-state index in [1.807, 2.05) is 0 Å². The lowest BCUT2D eigenvalue weighted by atomic mass is 10.2. The van der Waals surface area contributed by atoms with Crippen LogP contribution in [-0.4, -0.2) is 23.1 Å². The molecule has 2 nitrogen and oxygen atoms in total. The molecule has 1 aromatic heterocycles. The molecular formula is C13H16N2. The zero-order valence-corrected chi connectivity index (χ0v) is 9.06. The molecular weight excluding hydrogens is 184 g/mol. The Bertz CT molecular complexity index is 472. The maximum absolute atomic E-state index is 2.44. The van der Waals surface area contributed by atoms with Crippen molar-refractivity contribution in [3.8, 4) is 0 Å². The number of benzene rings is 1.